The molecule has 3 aliphatic rings. The van der Waals surface area contributed by atoms with Gasteiger partial charge in [0.15, 0.2) is 4.34 Å². The summed E-state index contributed by atoms with van der Waals surface area (Å²) in [6.45, 7) is 0. The maximum Gasteiger partial charge on any atom is 0.284 e. The van der Waals surface area contributed by atoms with Gasteiger partial charge in [-0.3, -0.25) is 29.4 Å². The molecule has 44 heavy (non-hydrogen) atoms. The number of nitrogens with one attached hydrogen (secondary N) is 1. The zero-order chi connectivity index (χ0) is 30.1. The van der Waals surface area contributed by atoms with Crippen molar-refractivity contribution in [3.63, 3.8) is 0 Å². The quantitative estimate of drug-likeness (QED) is 0.124. The smallest absolute Gasteiger partial charge is 0.284 e. The lowest BCUT2D eigenvalue weighted by molar-refractivity contribution is -0.387. The van der Waals surface area contributed by atoms with Crippen molar-refractivity contribution in [1.29, 1.82) is 0 Å². The number of carbonyl (C=O) groups is 2. The van der Waals surface area contributed by atoms with Crippen LogP contribution in [0.25, 0.3) is 31.8 Å². The van der Waals surface area contributed by atoms with E-state index in [0.717, 1.165) is 61.6 Å². The van der Waals surface area contributed by atoms with Crippen molar-refractivity contribution in [3.05, 3.63) is 67.3 Å². The van der Waals surface area contributed by atoms with Crippen molar-refractivity contribution in [2.45, 2.75) is 60.6 Å². The summed E-state index contributed by atoms with van der Waals surface area (Å²) in [5, 5.41) is 12.8. The van der Waals surface area contributed by atoms with E-state index in [-0.39, 0.29) is 34.9 Å². The Kier molecular flexibility index (Phi) is 6.65. The van der Waals surface area contributed by atoms with Gasteiger partial charge in [0.05, 0.1) is 42.9 Å². The number of benzene rings is 2. The maximum absolute atomic E-state index is 13.1. The lowest BCUT2D eigenvalue weighted by Gasteiger charge is -2.19. The van der Waals surface area contributed by atoms with Crippen molar-refractivity contribution in [1.82, 2.24) is 15.0 Å². The molecule has 1 aliphatic heterocycles. The van der Waals surface area contributed by atoms with Gasteiger partial charge in [-0.2, -0.15) is 0 Å². The molecule has 1 saturated heterocycles. The molecule has 13 heteroatoms. The van der Waals surface area contributed by atoms with Crippen molar-refractivity contribution in [2.24, 2.45) is 11.8 Å². The molecule has 2 atom stereocenters. The maximum atomic E-state index is 13.1. The molecular formula is C31H25N5O5S3. The molecule has 1 N–H and O–H groups in total. The van der Waals surface area contributed by atoms with Gasteiger partial charge in [-0.15, -0.1) is 22.7 Å². The van der Waals surface area contributed by atoms with E-state index >= 15 is 0 Å². The Morgan fingerprint density at radius 1 is 0.932 bits per heavy atom. The van der Waals surface area contributed by atoms with Crippen LogP contribution in [0.15, 0.2) is 50.4 Å². The first-order valence-electron chi connectivity index (χ1n) is 14.7. The molecule has 5 aromatic rings. The molecule has 222 valence electrons. The number of hydrogen-bond donors (Lipinski definition) is 1. The number of imide groups is 1. The molecule has 0 radical (unpaired) electrons. The first kappa shape index (κ1) is 27.6. The van der Waals surface area contributed by atoms with E-state index in [1.54, 1.807) is 24.3 Å². The molecule has 0 spiro atoms. The minimum absolute atomic E-state index is 0.114. The Balaban J connectivity index is 1.09. The molecule has 10 nitrogen and oxygen atoms in total. The molecule has 2 fully saturated rings. The highest BCUT2D eigenvalue weighted by atomic mass is 32.2. The molecule has 2 aromatic carbocycles. The summed E-state index contributed by atoms with van der Waals surface area (Å²) in [4.78, 5) is 66.8. The number of hydrogen-bond acceptors (Lipinski definition) is 10. The summed E-state index contributed by atoms with van der Waals surface area (Å²) in [5.41, 5.74) is 2.45. The molecule has 2 aliphatic carbocycles. The molecular weight excluding hydrogens is 619 g/mol. The number of aryl methyl sites for hydroxylation is 2. The predicted octanol–water partition coefficient (Wildman–Crippen LogP) is 6.88. The number of anilines is 1. The Labute approximate surface area is 262 Å². The third-order valence-electron chi connectivity index (χ3n) is 8.90. The summed E-state index contributed by atoms with van der Waals surface area (Å²) in [5.74, 6) is -0.397. The third-order valence-corrected chi connectivity index (χ3v) is 12.2. The van der Waals surface area contributed by atoms with Gasteiger partial charge in [0.25, 0.3) is 11.2 Å². The van der Waals surface area contributed by atoms with Gasteiger partial charge in [0.2, 0.25) is 11.8 Å². The van der Waals surface area contributed by atoms with E-state index in [2.05, 4.69) is 9.97 Å². The number of rotatable bonds is 5. The van der Waals surface area contributed by atoms with E-state index in [1.807, 2.05) is 6.07 Å². The Morgan fingerprint density at radius 3 is 2.48 bits per heavy atom. The van der Waals surface area contributed by atoms with Gasteiger partial charge in [-0.05, 0) is 74.4 Å². The molecule has 3 aromatic heterocycles. The van der Waals surface area contributed by atoms with E-state index < -0.39 is 4.92 Å². The van der Waals surface area contributed by atoms with Crippen LogP contribution in [0.3, 0.4) is 0 Å². The van der Waals surface area contributed by atoms with Crippen LogP contribution in [0.5, 0.6) is 0 Å². The molecule has 1 saturated carbocycles. The van der Waals surface area contributed by atoms with Crippen LogP contribution >= 0.6 is 34.4 Å². The highest BCUT2D eigenvalue weighted by Gasteiger charge is 2.48. The fourth-order valence-corrected chi connectivity index (χ4v) is 10.2. The number of carbonyl (C=O) groups excluding carboxylic acids is 2. The van der Waals surface area contributed by atoms with E-state index in [4.69, 9.17) is 4.98 Å². The lowest BCUT2D eigenvalue weighted by atomic mass is 9.81. The zero-order valence-electron chi connectivity index (χ0n) is 23.3. The van der Waals surface area contributed by atoms with Crippen LogP contribution in [0.2, 0.25) is 0 Å². The molecule has 0 unspecified atom stereocenters. The summed E-state index contributed by atoms with van der Waals surface area (Å²) < 4.78 is 1.38. The van der Waals surface area contributed by atoms with Crippen LogP contribution in [0.1, 0.15) is 49.0 Å². The molecule has 4 heterocycles. The summed E-state index contributed by atoms with van der Waals surface area (Å²) in [6, 6.07) is 10.2. The zero-order valence-corrected chi connectivity index (χ0v) is 25.8. The predicted molar refractivity (Wildman–Crippen MR) is 171 cm³/mol. The second kappa shape index (κ2) is 10.6. The second-order valence-corrected chi connectivity index (χ2v) is 14.9. The number of nitrogens with zero attached hydrogens (tertiary/aromatic N) is 4. The first-order valence-corrected chi connectivity index (χ1v) is 17.1. The SMILES string of the molecule is O=C1[C@H]2CCCC[C@@H]2C(=O)N1c1ccc2nc(Sc3ccc(-c4nc5sc6c(c5c(=O)[nH]4)CCCC6)cc3[N+](=O)[O-])sc2c1. The topological polar surface area (TPSA) is 139 Å². The van der Waals surface area contributed by atoms with E-state index in [9.17, 15) is 24.5 Å². The number of fused-ring (bicyclic) bond motifs is 5. The number of thiazole rings is 1. The molecule has 8 rings (SSSR count). The van der Waals surface area contributed by atoms with Gasteiger partial charge in [-0.1, -0.05) is 24.6 Å². The standard InChI is InChI=1S/C31H25N5O5S3/c37-27-25-19-7-3-4-8-22(19)42-28(25)34-26(33-27)15-9-12-23(21(13-15)36(40)41)43-31-32-20-11-10-16(14-24(20)44-31)35-29(38)17-5-1-2-6-18(17)30(35)39/h9-14,17-18H,1-8H2,(H,33,34,37)/t17-,18-/m0/s1. The fourth-order valence-electron chi connectivity index (χ4n) is 6.78. The first-order chi connectivity index (χ1) is 21.4. The molecule has 2 amide bonds. The van der Waals surface area contributed by atoms with Gasteiger partial charge in [0.1, 0.15) is 10.7 Å². The lowest BCUT2D eigenvalue weighted by Crippen LogP contribution is -2.30. The second-order valence-electron chi connectivity index (χ2n) is 11.5. The van der Waals surface area contributed by atoms with Crippen molar-refractivity contribution < 1.29 is 14.5 Å². The number of nitro groups is 1. The van der Waals surface area contributed by atoms with E-state index in [1.165, 1.54) is 50.3 Å². The molecule has 0 bridgehead atoms. The minimum Gasteiger partial charge on any atom is -0.306 e. The Bertz CT molecular complexity index is 2080. The van der Waals surface area contributed by atoms with Crippen molar-refractivity contribution >= 4 is 78.1 Å². The number of amides is 2. The largest absolute Gasteiger partial charge is 0.306 e. The number of thiophene rings is 1. The van der Waals surface area contributed by atoms with Crippen LogP contribution in [0.4, 0.5) is 11.4 Å². The highest BCUT2D eigenvalue weighted by Crippen LogP contribution is 2.43. The monoisotopic (exact) mass is 643 g/mol. The van der Waals surface area contributed by atoms with Crippen LogP contribution in [0, 0.1) is 22.0 Å². The summed E-state index contributed by atoms with van der Waals surface area (Å²) in [6.07, 6.45) is 7.42. The van der Waals surface area contributed by atoms with Crippen LogP contribution in [-0.2, 0) is 22.4 Å². The van der Waals surface area contributed by atoms with E-state index in [0.29, 0.717) is 42.0 Å². The van der Waals surface area contributed by atoms with Crippen molar-refractivity contribution in [3.8, 4) is 11.4 Å². The minimum atomic E-state index is -0.443. The summed E-state index contributed by atoms with van der Waals surface area (Å²) >= 11 is 4.07. The Hall–Kier alpha value is -3.94. The van der Waals surface area contributed by atoms with Crippen LogP contribution < -0.4 is 10.5 Å². The number of nitro benzene ring substituents is 1. The summed E-state index contributed by atoms with van der Waals surface area (Å²) in [7, 11) is 0. The number of aromatic nitrogens is 3. The number of aromatic amines is 1. The average molecular weight is 644 g/mol. The fraction of sp³-hybridized carbons (Fsp3) is 0.323. The van der Waals surface area contributed by atoms with Gasteiger partial charge < -0.3 is 4.98 Å². The normalized spacial score (nSPS) is 20.0. The highest BCUT2D eigenvalue weighted by molar-refractivity contribution is 8.01. The van der Waals surface area contributed by atoms with Gasteiger partial charge in [0, 0.05) is 16.5 Å². The Morgan fingerprint density at radius 2 is 1.70 bits per heavy atom. The van der Waals surface area contributed by atoms with Crippen LogP contribution in [-0.4, -0.2) is 31.7 Å². The van der Waals surface area contributed by atoms with Crippen molar-refractivity contribution in [2.75, 3.05) is 4.90 Å². The van der Waals surface area contributed by atoms with Gasteiger partial charge >= 0.3 is 0 Å². The average Bonchev–Trinajstić information content (AvgIpc) is 3.68. The third kappa shape index (κ3) is 4.48. The number of H-pyrrole nitrogens is 1. The van der Waals surface area contributed by atoms with Gasteiger partial charge in [-0.25, -0.2) is 9.97 Å².